The largest absolute Gasteiger partial charge is 0.445 e. The monoisotopic (exact) mass is 598 g/mol. The first-order chi connectivity index (χ1) is 21.6. The van der Waals surface area contributed by atoms with Crippen molar-refractivity contribution in [3.05, 3.63) is 108 Å². The van der Waals surface area contributed by atoms with Crippen LogP contribution in [0.3, 0.4) is 0 Å². The first-order valence-electron chi connectivity index (χ1n) is 16.0. The number of rotatable bonds is 10. The first-order valence-corrected chi connectivity index (χ1v) is 16.0. The minimum Gasteiger partial charge on any atom is -0.445 e. The number of amides is 1. The second-order valence-electron chi connectivity index (χ2n) is 11.9. The van der Waals surface area contributed by atoms with Gasteiger partial charge in [-0.25, -0.2) is 4.79 Å². The second kappa shape index (κ2) is 16.0. The van der Waals surface area contributed by atoms with Crippen LogP contribution in [0.1, 0.15) is 73.7 Å². The molecular weight excluding hydrogens is 552 g/mol. The molecule has 0 aliphatic carbocycles. The Morgan fingerprint density at radius 2 is 1.64 bits per heavy atom. The van der Waals surface area contributed by atoms with E-state index >= 15 is 0 Å². The van der Waals surface area contributed by atoms with Gasteiger partial charge >= 0.3 is 6.09 Å². The van der Waals surface area contributed by atoms with Gasteiger partial charge in [-0.2, -0.15) is 0 Å². The summed E-state index contributed by atoms with van der Waals surface area (Å²) < 4.78 is 18.5. The van der Waals surface area contributed by atoms with Gasteiger partial charge in [-0.15, -0.1) is 0 Å². The summed E-state index contributed by atoms with van der Waals surface area (Å²) in [5, 5.41) is 12.4. The zero-order chi connectivity index (χ0) is 30.7. The minimum absolute atomic E-state index is 0.0167. The average molecular weight is 599 g/mol. The molecule has 7 heteroatoms. The zero-order valence-electron chi connectivity index (χ0n) is 25.8. The van der Waals surface area contributed by atoms with Crippen molar-refractivity contribution in [1.29, 1.82) is 0 Å². The molecule has 3 aromatic rings. The summed E-state index contributed by atoms with van der Waals surface area (Å²) in [5.74, 6) is 0.161. The molecule has 5 rings (SSSR count). The maximum absolute atomic E-state index is 12.0. The summed E-state index contributed by atoms with van der Waals surface area (Å²) in [4.78, 5) is 14.6. The van der Waals surface area contributed by atoms with Crippen molar-refractivity contribution in [2.24, 2.45) is 5.92 Å². The number of carbonyl (C=O) groups excluding carboxylic acids is 1. The van der Waals surface area contributed by atoms with E-state index in [-0.39, 0.29) is 31.3 Å². The topological polar surface area (TPSA) is 80.3 Å². The molecule has 0 bridgehead atoms. The Balaban J connectivity index is 1.35. The van der Waals surface area contributed by atoms with Crippen LogP contribution in [0, 0.1) is 5.92 Å². The van der Waals surface area contributed by atoms with E-state index in [1.54, 1.807) is 6.08 Å². The van der Waals surface area contributed by atoms with Crippen molar-refractivity contribution >= 4 is 6.09 Å². The van der Waals surface area contributed by atoms with Crippen molar-refractivity contribution < 1.29 is 24.1 Å². The molecular formula is C37H46N2O5. The van der Waals surface area contributed by atoms with Gasteiger partial charge < -0.3 is 29.5 Å². The number of carbonyl (C=O) groups is 1. The second-order valence-corrected chi connectivity index (χ2v) is 11.9. The highest BCUT2D eigenvalue weighted by Gasteiger charge is 2.39. The number of ether oxygens (including phenoxy) is 3. The van der Waals surface area contributed by atoms with Crippen LogP contribution in [0.4, 0.5) is 4.79 Å². The van der Waals surface area contributed by atoms with Gasteiger partial charge in [-0.05, 0) is 53.7 Å². The fourth-order valence-electron chi connectivity index (χ4n) is 6.21. The molecule has 2 N–H and O–H groups in total. The third-order valence-electron chi connectivity index (χ3n) is 8.78. The summed E-state index contributed by atoms with van der Waals surface area (Å²) in [6.45, 7) is 9.48. The highest BCUT2D eigenvalue weighted by Crippen LogP contribution is 2.42. The highest BCUT2D eigenvalue weighted by molar-refractivity contribution is 5.70. The van der Waals surface area contributed by atoms with E-state index in [0.29, 0.717) is 6.54 Å². The van der Waals surface area contributed by atoms with Gasteiger partial charge in [0.25, 0.3) is 0 Å². The van der Waals surface area contributed by atoms with Gasteiger partial charge in [-0.1, -0.05) is 112 Å². The summed E-state index contributed by atoms with van der Waals surface area (Å²) in [6.07, 6.45) is 6.87. The number of hydrogen-bond acceptors (Lipinski definition) is 6. The van der Waals surface area contributed by atoms with Crippen molar-refractivity contribution in [2.45, 2.75) is 70.7 Å². The molecule has 2 aliphatic rings. The van der Waals surface area contributed by atoms with Crippen LogP contribution in [-0.4, -0.2) is 48.4 Å². The average Bonchev–Trinajstić information content (AvgIpc) is 3.05. The lowest BCUT2D eigenvalue weighted by Gasteiger charge is -2.43. The maximum Gasteiger partial charge on any atom is 0.407 e. The highest BCUT2D eigenvalue weighted by atomic mass is 16.7. The van der Waals surface area contributed by atoms with Crippen LogP contribution < -0.4 is 5.32 Å². The fourth-order valence-corrected chi connectivity index (χ4v) is 6.21. The van der Waals surface area contributed by atoms with Gasteiger partial charge in [0.15, 0.2) is 6.29 Å². The number of aliphatic hydroxyl groups is 1. The quantitative estimate of drug-likeness (QED) is 0.238. The third kappa shape index (κ3) is 8.36. The van der Waals surface area contributed by atoms with Crippen molar-refractivity contribution in [3.63, 3.8) is 0 Å². The number of likely N-dealkylation sites (tertiary alicyclic amines) is 1. The number of aliphatic hydroxyl groups excluding tert-OH is 1. The van der Waals surface area contributed by atoms with Gasteiger partial charge in [0.05, 0.1) is 18.8 Å². The molecule has 4 atom stereocenters. The van der Waals surface area contributed by atoms with Gasteiger partial charge in [0.2, 0.25) is 0 Å². The van der Waals surface area contributed by atoms with E-state index in [0.717, 1.165) is 53.0 Å². The van der Waals surface area contributed by atoms with Crippen molar-refractivity contribution in [2.75, 3.05) is 26.2 Å². The molecule has 2 aliphatic heterocycles. The Hall–Kier alpha value is -3.49. The Bertz CT molecular complexity index is 1330. The van der Waals surface area contributed by atoms with Crippen molar-refractivity contribution in [3.8, 4) is 11.1 Å². The van der Waals surface area contributed by atoms with E-state index in [2.05, 4.69) is 66.2 Å². The van der Waals surface area contributed by atoms with E-state index in [1.807, 2.05) is 30.3 Å². The SMILES string of the molecule is C=CCOC(=O)NCc1ccccc1-c1ccc([C@H]2O[C@@H](CN3CCCCCCC3)[C@@H](C)[C@@H](c3ccc(CO)cc3)O2)cc1. The number of nitrogens with one attached hydrogen (secondary N) is 1. The van der Waals surface area contributed by atoms with Gasteiger partial charge in [0, 0.05) is 24.6 Å². The van der Waals surface area contributed by atoms with E-state index < -0.39 is 12.4 Å². The molecule has 0 spiro atoms. The number of alkyl carbamates (subject to hydrolysis) is 1. The number of nitrogens with zero attached hydrogens (tertiary/aromatic N) is 1. The lowest BCUT2D eigenvalue weighted by atomic mass is 9.89. The Kier molecular flexibility index (Phi) is 11.6. The normalized spacial score (nSPS) is 22.9. The zero-order valence-corrected chi connectivity index (χ0v) is 25.8. The molecule has 0 radical (unpaired) electrons. The molecule has 3 aromatic carbocycles. The van der Waals surface area contributed by atoms with Crippen LogP contribution in [0.2, 0.25) is 0 Å². The summed E-state index contributed by atoms with van der Waals surface area (Å²) >= 11 is 0. The predicted octanol–water partition coefficient (Wildman–Crippen LogP) is 7.32. The Morgan fingerprint density at radius 1 is 0.955 bits per heavy atom. The smallest absolute Gasteiger partial charge is 0.407 e. The van der Waals surface area contributed by atoms with Crippen LogP contribution >= 0.6 is 0 Å². The molecule has 0 unspecified atom stereocenters. The summed E-state index contributed by atoms with van der Waals surface area (Å²) in [6, 6.07) is 24.5. The molecule has 7 nitrogen and oxygen atoms in total. The fraction of sp³-hybridized carbons (Fsp3) is 0.432. The van der Waals surface area contributed by atoms with Crippen LogP contribution in [-0.2, 0) is 27.4 Å². The van der Waals surface area contributed by atoms with E-state index in [1.165, 1.54) is 32.1 Å². The predicted molar refractivity (Wildman–Crippen MR) is 173 cm³/mol. The molecule has 44 heavy (non-hydrogen) atoms. The molecule has 0 aromatic heterocycles. The molecule has 2 heterocycles. The molecule has 0 saturated carbocycles. The van der Waals surface area contributed by atoms with Crippen LogP contribution in [0.25, 0.3) is 11.1 Å². The maximum atomic E-state index is 12.0. The Morgan fingerprint density at radius 3 is 2.34 bits per heavy atom. The van der Waals surface area contributed by atoms with Crippen molar-refractivity contribution in [1.82, 2.24) is 10.2 Å². The number of benzene rings is 3. The van der Waals surface area contributed by atoms with E-state index in [4.69, 9.17) is 14.2 Å². The first kappa shape index (κ1) is 31.9. The van der Waals surface area contributed by atoms with Crippen LogP contribution in [0.15, 0.2) is 85.5 Å². The van der Waals surface area contributed by atoms with E-state index in [9.17, 15) is 9.90 Å². The third-order valence-corrected chi connectivity index (χ3v) is 8.78. The molecule has 234 valence electrons. The molecule has 2 fully saturated rings. The molecule has 1 amide bonds. The summed E-state index contributed by atoms with van der Waals surface area (Å²) in [7, 11) is 0. The van der Waals surface area contributed by atoms with Crippen LogP contribution in [0.5, 0.6) is 0 Å². The number of hydrogen-bond donors (Lipinski definition) is 2. The van der Waals surface area contributed by atoms with Gasteiger partial charge in [0.1, 0.15) is 6.61 Å². The lowest BCUT2D eigenvalue weighted by molar-refractivity contribution is -0.276. The summed E-state index contributed by atoms with van der Waals surface area (Å²) in [5.41, 5.74) is 6.04. The standard InChI is InChI=1S/C37H46N2O5/c1-3-23-42-37(41)38-24-32-11-7-8-12-33(32)29-17-19-31(20-18-29)36-43-34(25-39-21-9-5-4-6-10-22-39)27(2)35(44-36)30-15-13-28(26-40)14-16-30/h3,7-8,11-20,27,34-36,40H,1,4-6,9-10,21-26H2,2H3,(H,38,41)/t27-,34+,35+,36+/m1/s1. The Labute approximate surface area is 261 Å². The minimum atomic E-state index is -0.501. The molecule has 2 saturated heterocycles. The lowest BCUT2D eigenvalue weighted by Crippen LogP contribution is -2.45. The van der Waals surface area contributed by atoms with Gasteiger partial charge in [-0.3, -0.25) is 0 Å².